The summed E-state index contributed by atoms with van der Waals surface area (Å²) < 4.78 is 5.85. The number of nitrogens with zero attached hydrogens (tertiary/aromatic N) is 3. The molecule has 2 fully saturated rings. The fraction of sp³-hybridized carbons (Fsp3) is 0.667. The van der Waals surface area contributed by atoms with E-state index in [4.69, 9.17) is 4.74 Å². The van der Waals surface area contributed by atoms with Gasteiger partial charge in [0.15, 0.2) is 0 Å². The summed E-state index contributed by atoms with van der Waals surface area (Å²) in [7, 11) is 4.47. The number of hydrogen-bond donors (Lipinski definition) is 0. The fourth-order valence-corrected chi connectivity index (χ4v) is 4.90. The van der Waals surface area contributed by atoms with Gasteiger partial charge in [0.25, 0.3) is 0 Å². The molecule has 0 radical (unpaired) electrons. The molecule has 3 heterocycles. The molecule has 3 aliphatic heterocycles. The molecule has 1 atom stereocenters. The number of piperazine rings is 1. The number of amides is 1. The predicted octanol–water partition coefficient (Wildman–Crippen LogP) is 1.87. The number of para-hydroxylation sites is 1. The Morgan fingerprint density at radius 3 is 2.69 bits per heavy atom. The standard InChI is InChI=1S/C21H31N3O2/c1-22-12-13-23(2)21(16-22)8-10-24(11-9-21)20(25)18-7-14-26-19-6-4-3-5-17(19)15-18/h3-6,18H,7-16H2,1-2H3/t18-/m1/s1. The average molecular weight is 357 g/mol. The van der Waals surface area contributed by atoms with Crippen molar-refractivity contribution in [3.63, 3.8) is 0 Å². The Bertz CT molecular complexity index is 654. The van der Waals surface area contributed by atoms with E-state index in [1.807, 2.05) is 18.2 Å². The van der Waals surface area contributed by atoms with E-state index >= 15 is 0 Å². The first-order valence-electron chi connectivity index (χ1n) is 9.97. The maximum absolute atomic E-state index is 13.2. The second kappa shape index (κ2) is 7.20. The van der Waals surface area contributed by atoms with Gasteiger partial charge in [-0.2, -0.15) is 0 Å². The van der Waals surface area contributed by atoms with Gasteiger partial charge in [0, 0.05) is 44.2 Å². The number of likely N-dealkylation sites (N-methyl/N-ethyl adjacent to an activating group) is 2. The van der Waals surface area contributed by atoms with Gasteiger partial charge in [0.05, 0.1) is 6.61 Å². The molecule has 3 aliphatic rings. The van der Waals surface area contributed by atoms with E-state index in [1.165, 1.54) is 5.56 Å². The van der Waals surface area contributed by atoms with E-state index in [2.05, 4.69) is 34.9 Å². The van der Waals surface area contributed by atoms with Crippen molar-refractivity contribution in [2.75, 3.05) is 53.4 Å². The van der Waals surface area contributed by atoms with Crippen LogP contribution in [0.4, 0.5) is 0 Å². The number of fused-ring (bicyclic) bond motifs is 1. The van der Waals surface area contributed by atoms with E-state index in [-0.39, 0.29) is 11.5 Å². The van der Waals surface area contributed by atoms with Gasteiger partial charge in [-0.15, -0.1) is 0 Å². The molecule has 142 valence electrons. The average Bonchev–Trinajstić information content (AvgIpc) is 2.87. The molecular weight excluding hydrogens is 326 g/mol. The molecule has 5 nitrogen and oxygen atoms in total. The molecule has 26 heavy (non-hydrogen) atoms. The van der Waals surface area contributed by atoms with Crippen LogP contribution in [-0.2, 0) is 11.2 Å². The van der Waals surface area contributed by atoms with Gasteiger partial charge in [0.2, 0.25) is 5.91 Å². The van der Waals surface area contributed by atoms with Crippen LogP contribution in [0.5, 0.6) is 5.75 Å². The highest BCUT2D eigenvalue weighted by atomic mass is 16.5. The Balaban J connectivity index is 1.41. The third kappa shape index (κ3) is 3.35. The molecule has 0 aliphatic carbocycles. The molecule has 0 bridgehead atoms. The number of hydrogen-bond acceptors (Lipinski definition) is 4. The van der Waals surface area contributed by atoms with Crippen LogP contribution < -0.4 is 4.74 Å². The summed E-state index contributed by atoms with van der Waals surface area (Å²) in [4.78, 5) is 20.3. The zero-order chi connectivity index (χ0) is 18.1. The van der Waals surface area contributed by atoms with Crippen LogP contribution in [0, 0.1) is 5.92 Å². The molecule has 5 heteroatoms. The predicted molar refractivity (Wildman–Crippen MR) is 102 cm³/mol. The van der Waals surface area contributed by atoms with Gasteiger partial charge in [-0.25, -0.2) is 0 Å². The molecule has 1 amide bonds. The Labute approximate surface area is 156 Å². The third-order valence-corrected chi connectivity index (χ3v) is 6.71. The van der Waals surface area contributed by atoms with Gasteiger partial charge in [0.1, 0.15) is 5.75 Å². The topological polar surface area (TPSA) is 36.0 Å². The molecule has 1 aromatic carbocycles. The molecule has 2 saturated heterocycles. The summed E-state index contributed by atoms with van der Waals surface area (Å²) in [5.74, 6) is 1.33. The van der Waals surface area contributed by atoms with Crippen molar-refractivity contribution in [2.45, 2.75) is 31.2 Å². The zero-order valence-electron chi connectivity index (χ0n) is 16.1. The summed E-state index contributed by atoms with van der Waals surface area (Å²) >= 11 is 0. The first-order valence-corrected chi connectivity index (χ1v) is 9.97. The van der Waals surface area contributed by atoms with Crippen molar-refractivity contribution in [3.05, 3.63) is 29.8 Å². The van der Waals surface area contributed by atoms with Crippen LogP contribution in [-0.4, -0.2) is 79.6 Å². The van der Waals surface area contributed by atoms with Gasteiger partial charge in [-0.1, -0.05) is 18.2 Å². The van der Waals surface area contributed by atoms with Crippen LogP contribution in [0.2, 0.25) is 0 Å². The minimum absolute atomic E-state index is 0.0551. The summed E-state index contributed by atoms with van der Waals surface area (Å²) in [6.07, 6.45) is 3.79. The van der Waals surface area contributed by atoms with Crippen molar-refractivity contribution in [1.82, 2.24) is 14.7 Å². The third-order valence-electron chi connectivity index (χ3n) is 6.71. The highest BCUT2D eigenvalue weighted by Crippen LogP contribution is 2.33. The highest BCUT2D eigenvalue weighted by Gasteiger charge is 2.42. The maximum atomic E-state index is 13.2. The van der Waals surface area contributed by atoms with E-state index in [9.17, 15) is 4.79 Å². The molecule has 4 rings (SSSR count). The van der Waals surface area contributed by atoms with Gasteiger partial charge in [-0.05, 0) is 51.4 Å². The van der Waals surface area contributed by atoms with E-state index in [0.29, 0.717) is 12.5 Å². The molecule has 1 aromatic rings. The van der Waals surface area contributed by atoms with Crippen LogP contribution in [0.3, 0.4) is 0 Å². The van der Waals surface area contributed by atoms with E-state index in [0.717, 1.165) is 64.2 Å². The van der Waals surface area contributed by atoms with Crippen molar-refractivity contribution >= 4 is 5.91 Å². The maximum Gasteiger partial charge on any atom is 0.226 e. The van der Waals surface area contributed by atoms with Gasteiger partial charge < -0.3 is 14.5 Å². The minimum Gasteiger partial charge on any atom is -0.493 e. The summed E-state index contributed by atoms with van der Waals surface area (Å²) in [5.41, 5.74) is 1.42. The zero-order valence-corrected chi connectivity index (χ0v) is 16.1. The van der Waals surface area contributed by atoms with Crippen molar-refractivity contribution in [1.29, 1.82) is 0 Å². The normalized spacial score (nSPS) is 26.8. The Morgan fingerprint density at radius 2 is 1.88 bits per heavy atom. The number of likely N-dealkylation sites (tertiary alicyclic amines) is 1. The quantitative estimate of drug-likeness (QED) is 0.769. The minimum atomic E-state index is 0.0551. The fourth-order valence-electron chi connectivity index (χ4n) is 4.90. The lowest BCUT2D eigenvalue weighted by Crippen LogP contribution is -2.64. The van der Waals surface area contributed by atoms with Crippen LogP contribution in [0.15, 0.2) is 24.3 Å². The van der Waals surface area contributed by atoms with E-state index < -0.39 is 0 Å². The Kier molecular flexibility index (Phi) is 4.93. The summed E-state index contributed by atoms with van der Waals surface area (Å²) in [5, 5.41) is 0. The number of benzene rings is 1. The lowest BCUT2D eigenvalue weighted by molar-refractivity contribution is -0.139. The van der Waals surface area contributed by atoms with Gasteiger partial charge >= 0.3 is 0 Å². The number of ether oxygens (including phenoxy) is 1. The second-order valence-corrected chi connectivity index (χ2v) is 8.35. The first kappa shape index (κ1) is 17.8. The molecule has 0 aromatic heterocycles. The van der Waals surface area contributed by atoms with Crippen molar-refractivity contribution in [2.24, 2.45) is 5.92 Å². The monoisotopic (exact) mass is 357 g/mol. The lowest BCUT2D eigenvalue weighted by atomic mass is 9.83. The molecule has 0 saturated carbocycles. The summed E-state index contributed by atoms with van der Waals surface area (Å²) in [6, 6.07) is 8.15. The van der Waals surface area contributed by atoms with Crippen LogP contribution in [0.1, 0.15) is 24.8 Å². The lowest BCUT2D eigenvalue weighted by Gasteiger charge is -2.52. The smallest absolute Gasteiger partial charge is 0.226 e. The molecule has 0 N–H and O–H groups in total. The van der Waals surface area contributed by atoms with Crippen molar-refractivity contribution in [3.8, 4) is 5.75 Å². The number of piperidine rings is 1. The Morgan fingerprint density at radius 1 is 1.12 bits per heavy atom. The molecule has 0 unspecified atom stereocenters. The molecule has 1 spiro atoms. The van der Waals surface area contributed by atoms with Gasteiger partial charge in [-0.3, -0.25) is 9.69 Å². The highest BCUT2D eigenvalue weighted by molar-refractivity contribution is 5.79. The SMILES string of the molecule is CN1CCN(C)C2(CCN(C(=O)[C@@H]3CCOc4ccccc4C3)CC2)C1. The van der Waals surface area contributed by atoms with E-state index in [1.54, 1.807) is 0 Å². The number of carbonyl (C=O) groups is 1. The number of rotatable bonds is 1. The van der Waals surface area contributed by atoms with Crippen LogP contribution in [0.25, 0.3) is 0 Å². The largest absolute Gasteiger partial charge is 0.493 e. The molecular formula is C21H31N3O2. The Hall–Kier alpha value is -1.59. The second-order valence-electron chi connectivity index (χ2n) is 8.35. The van der Waals surface area contributed by atoms with Crippen LogP contribution >= 0.6 is 0 Å². The van der Waals surface area contributed by atoms with Crippen molar-refractivity contribution < 1.29 is 9.53 Å². The first-order chi connectivity index (χ1) is 12.6. The summed E-state index contributed by atoms with van der Waals surface area (Å²) in [6.45, 7) is 5.80. The number of carbonyl (C=O) groups excluding carboxylic acids is 1.